The number of nitrogens with two attached hydrogens (primary N) is 1. The Balaban J connectivity index is 1.18. The number of aliphatic imine (C=N–C) groups is 2. The molecule has 1 atom stereocenters. The minimum atomic E-state index is 0.313. The molecule has 0 amide bonds. The summed E-state index contributed by atoms with van der Waals surface area (Å²) in [7, 11) is 4.00. The summed E-state index contributed by atoms with van der Waals surface area (Å²) >= 11 is 8.49. The first-order valence-electron chi connectivity index (χ1n) is 12.4. The number of piperidine rings is 1. The lowest BCUT2D eigenvalue weighted by Crippen LogP contribution is -2.40. The standard InChI is InChI=1S/C26H31ClN8S/c1-29-15-22-32-18-13-26(14-19(18)36-22)7-11-35(12-8-26)21-6-10-31-25-17(3-4-20(33-21)34(25)2)16-5-9-30-24(28)23(16)27/h3-6,9-10,22,29,32H,7-8,11-15H2,1-2H3,(H2,28,30)/b10-6?,21-6-,31-10-,31-25?,33-20-,33-21?. The van der Waals surface area contributed by atoms with Crippen LogP contribution in [0.1, 0.15) is 31.2 Å². The summed E-state index contributed by atoms with van der Waals surface area (Å²) in [6, 6.07) is 1.86. The lowest BCUT2D eigenvalue weighted by Gasteiger charge is -2.41. The van der Waals surface area contributed by atoms with Crippen molar-refractivity contribution in [3.8, 4) is 0 Å². The third-order valence-electron chi connectivity index (χ3n) is 7.74. The zero-order valence-corrected chi connectivity index (χ0v) is 22.2. The first kappa shape index (κ1) is 23.6. The predicted molar refractivity (Wildman–Crippen MR) is 149 cm³/mol. The van der Waals surface area contributed by atoms with Crippen molar-refractivity contribution in [1.29, 1.82) is 0 Å². The van der Waals surface area contributed by atoms with Crippen molar-refractivity contribution in [2.75, 3.05) is 39.5 Å². The fraction of sp³-hybridized carbons (Fsp3) is 0.423. The van der Waals surface area contributed by atoms with Gasteiger partial charge < -0.3 is 26.2 Å². The highest BCUT2D eigenvalue weighted by molar-refractivity contribution is 8.03. The smallest absolute Gasteiger partial charge is 0.142 e. The Morgan fingerprint density at radius 3 is 2.89 bits per heavy atom. The number of nitrogen functional groups attached to an aromatic ring is 1. The van der Waals surface area contributed by atoms with E-state index in [2.05, 4.69) is 20.5 Å². The lowest BCUT2D eigenvalue weighted by molar-refractivity contribution is 0.134. The molecule has 0 radical (unpaired) electrons. The Hall–Kier alpha value is -2.75. The number of allylic oxidation sites excluding steroid dienone is 5. The first-order valence-corrected chi connectivity index (χ1v) is 13.7. The van der Waals surface area contributed by atoms with Crippen LogP contribution >= 0.6 is 23.4 Å². The molecule has 5 heterocycles. The average molecular weight is 523 g/mol. The molecule has 1 spiro atoms. The summed E-state index contributed by atoms with van der Waals surface area (Å²) in [5.41, 5.74) is 9.54. The summed E-state index contributed by atoms with van der Waals surface area (Å²) in [5, 5.41) is 7.95. The highest BCUT2D eigenvalue weighted by Crippen LogP contribution is 2.54. The molecule has 1 aromatic heterocycles. The Bertz CT molecular complexity index is 1250. The number of fused-ring (bicyclic) bond motifs is 2. The monoisotopic (exact) mass is 522 g/mol. The molecule has 1 saturated heterocycles. The van der Waals surface area contributed by atoms with Gasteiger partial charge in [-0.2, -0.15) is 0 Å². The van der Waals surface area contributed by atoms with E-state index < -0.39 is 0 Å². The first-order chi connectivity index (χ1) is 17.5. The van der Waals surface area contributed by atoms with Crippen molar-refractivity contribution < 1.29 is 0 Å². The molecule has 188 valence electrons. The summed E-state index contributed by atoms with van der Waals surface area (Å²) in [6.07, 6.45) is 14.3. The maximum Gasteiger partial charge on any atom is 0.142 e. The van der Waals surface area contributed by atoms with E-state index in [1.165, 1.54) is 31.4 Å². The molecule has 2 bridgehead atoms. The molecule has 6 rings (SSSR count). The average Bonchev–Trinajstić information content (AvgIpc) is 3.38. The van der Waals surface area contributed by atoms with Crippen LogP contribution in [0.2, 0.25) is 5.02 Å². The number of nitrogens with one attached hydrogen (secondary N) is 2. The van der Waals surface area contributed by atoms with Crippen LogP contribution in [0, 0.1) is 5.41 Å². The minimum absolute atomic E-state index is 0.313. The van der Waals surface area contributed by atoms with Crippen LogP contribution in [0.3, 0.4) is 0 Å². The van der Waals surface area contributed by atoms with Gasteiger partial charge in [-0.05, 0) is 62.4 Å². The van der Waals surface area contributed by atoms with Gasteiger partial charge >= 0.3 is 0 Å². The number of pyridine rings is 1. The molecule has 5 aliphatic rings. The predicted octanol–water partition coefficient (Wildman–Crippen LogP) is 3.78. The maximum absolute atomic E-state index is 6.47. The van der Waals surface area contributed by atoms with Crippen molar-refractivity contribution in [2.24, 2.45) is 15.4 Å². The molecule has 0 aromatic carbocycles. The van der Waals surface area contributed by atoms with E-state index in [-0.39, 0.29) is 0 Å². The van der Waals surface area contributed by atoms with E-state index in [1.54, 1.807) is 11.1 Å². The molecule has 10 heteroatoms. The second-order valence-corrected chi connectivity index (χ2v) is 11.7. The van der Waals surface area contributed by atoms with Gasteiger partial charge in [-0.3, -0.25) is 0 Å². The van der Waals surface area contributed by atoms with Crippen LogP contribution in [0.25, 0.3) is 5.57 Å². The molecule has 0 saturated carbocycles. The maximum atomic E-state index is 6.47. The number of rotatable bonds is 4. The third-order valence-corrected chi connectivity index (χ3v) is 9.38. The van der Waals surface area contributed by atoms with Gasteiger partial charge in [0, 0.05) is 60.8 Å². The van der Waals surface area contributed by atoms with E-state index in [4.69, 9.17) is 27.3 Å². The van der Waals surface area contributed by atoms with Gasteiger partial charge in [-0.15, -0.1) is 11.8 Å². The van der Waals surface area contributed by atoms with Gasteiger partial charge in [0.25, 0.3) is 0 Å². The Labute approximate surface area is 221 Å². The van der Waals surface area contributed by atoms with Crippen molar-refractivity contribution in [3.05, 3.63) is 63.3 Å². The van der Waals surface area contributed by atoms with Crippen LogP contribution in [0.15, 0.2) is 62.7 Å². The Morgan fingerprint density at radius 2 is 2.11 bits per heavy atom. The number of likely N-dealkylation sites (N-methyl/N-ethyl adjacent to an activating group) is 2. The van der Waals surface area contributed by atoms with Crippen LogP contribution < -0.4 is 16.4 Å². The van der Waals surface area contributed by atoms with E-state index in [0.717, 1.165) is 48.2 Å². The zero-order chi connectivity index (χ0) is 24.9. The summed E-state index contributed by atoms with van der Waals surface area (Å²) in [4.78, 5) is 19.9. The van der Waals surface area contributed by atoms with Crippen molar-refractivity contribution in [1.82, 2.24) is 25.4 Å². The van der Waals surface area contributed by atoms with Gasteiger partial charge in [-0.1, -0.05) is 11.6 Å². The summed E-state index contributed by atoms with van der Waals surface area (Å²) in [6.45, 7) is 3.02. The molecule has 1 aromatic rings. The number of nitrogens with zero attached hydrogens (tertiary/aromatic N) is 5. The number of hydrogen-bond acceptors (Lipinski definition) is 9. The molecule has 36 heavy (non-hydrogen) atoms. The number of amidine groups is 1. The SMILES string of the molecule is CNCC1NC2=C(CC3(CCN(C4=C\C=N/C5=C(c6ccnc(N)c6Cl)C=C\C(=N\4)N5C)CC3)C2)S1. The summed E-state index contributed by atoms with van der Waals surface area (Å²) in [5.74, 6) is 2.92. The lowest BCUT2D eigenvalue weighted by atomic mass is 9.76. The Morgan fingerprint density at radius 1 is 1.28 bits per heavy atom. The molecular weight excluding hydrogens is 492 g/mol. The van der Waals surface area contributed by atoms with Crippen molar-refractivity contribution >= 4 is 46.8 Å². The highest BCUT2D eigenvalue weighted by atomic mass is 35.5. The molecule has 4 N–H and O–H groups in total. The second-order valence-electron chi connectivity index (χ2n) is 10.0. The highest BCUT2D eigenvalue weighted by Gasteiger charge is 2.44. The van der Waals surface area contributed by atoms with Gasteiger partial charge in [0.1, 0.15) is 23.3 Å². The van der Waals surface area contributed by atoms with E-state index in [9.17, 15) is 0 Å². The minimum Gasteiger partial charge on any atom is -0.382 e. The fourth-order valence-corrected chi connectivity index (χ4v) is 7.42. The molecule has 8 nitrogen and oxygen atoms in total. The van der Waals surface area contributed by atoms with Gasteiger partial charge in [0.05, 0.1) is 10.4 Å². The number of aromatic nitrogens is 1. The van der Waals surface area contributed by atoms with Gasteiger partial charge in [-0.25, -0.2) is 15.0 Å². The van der Waals surface area contributed by atoms with Gasteiger partial charge in [0.2, 0.25) is 0 Å². The van der Waals surface area contributed by atoms with Crippen LogP contribution in [-0.4, -0.2) is 65.9 Å². The molecule has 1 fully saturated rings. The number of thioether (sulfide) groups is 1. The van der Waals surface area contributed by atoms with Crippen LogP contribution in [0.4, 0.5) is 5.82 Å². The molecule has 1 aliphatic carbocycles. The van der Waals surface area contributed by atoms with Crippen LogP contribution in [0.5, 0.6) is 0 Å². The zero-order valence-electron chi connectivity index (χ0n) is 20.6. The molecular formula is C26H31ClN8S. The van der Waals surface area contributed by atoms with E-state index >= 15 is 0 Å². The molecule has 4 aliphatic heterocycles. The largest absolute Gasteiger partial charge is 0.382 e. The van der Waals surface area contributed by atoms with E-state index in [1.807, 2.05) is 61.3 Å². The second kappa shape index (κ2) is 9.28. The normalized spacial score (nSPS) is 28.4. The van der Waals surface area contributed by atoms with Crippen molar-refractivity contribution in [2.45, 2.75) is 31.1 Å². The Kier molecular flexibility index (Phi) is 6.09. The number of anilines is 1. The fourth-order valence-electron chi connectivity index (χ4n) is 5.75. The number of halogens is 1. The summed E-state index contributed by atoms with van der Waals surface area (Å²) < 4.78 is 0. The number of likely N-dealkylation sites (tertiary alicyclic amines) is 1. The number of hydrogen-bond donors (Lipinski definition) is 3. The quantitative estimate of drug-likeness (QED) is 0.554. The van der Waals surface area contributed by atoms with Crippen LogP contribution in [-0.2, 0) is 0 Å². The third kappa shape index (κ3) is 4.13. The topological polar surface area (TPSA) is 94.2 Å². The van der Waals surface area contributed by atoms with E-state index in [0.29, 0.717) is 21.6 Å². The van der Waals surface area contributed by atoms with Gasteiger partial charge in [0.15, 0.2) is 0 Å². The van der Waals surface area contributed by atoms with Crippen molar-refractivity contribution in [3.63, 3.8) is 0 Å². The molecule has 1 unspecified atom stereocenters.